The number of hydrogen-bond donors (Lipinski definition) is 0. The molecule has 0 fully saturated rings. The molecule has 0 rings (SSSR count). The van der Waals surface area contributed by atoms with Gasteiger partial charge in [-0.05, 0) is 136 Å². The highest BCUT2D eigenvalue weighted by atomic mass is 16.5. The molecule has 0 radical (unpaired) electrons. The van der Waals surface area contributed by atoms with Crippen molar-refractivity contribution >= 4 is 5.97 Å². The molecule has 0 unspecified atom stereocenters. The average Bonchev–Trinajstić information content (AvgIpc) is 3.06. The molecule has 0 atom stereocenters. The van der Waals surface area contributed by atoms with E-state index in [1.165, 1.54) is 77.0 Å². The van der Waals surface area contributed by atoms with Gasteiger partial charge in [-0.15, -0.1) is 0 Å². The number of ether oxygens (including phenoxy) is 1. The molecule has 47 heavy (non-hydrogen) atoms. The number of carbonyl (C=O) groups is 1. The van der Waals surface area contributed by atoms with Gasteiger partial charge < -0.3 is 9.64 Å². The fourth-order valence-corrected chi connectivity index (χ4v) is 5.41. The molecule has 0 aliphatic heterocycles. The Morgan fingerprint density at radius 1 is 0.489 bits per heavy atom. The molecule has 0 aliphatic carbocycles. The minimum absolute atomic E-state index is 0.000278. The van der Waals surface area contributed by atoms with Crippen LogP contribution in [0.15, 0.2) is 72.9 Å². The van der Waals surface area contributed by atoms with E-state index in [2.05, 4.69) is 106 Å². The van der Waals surface area contributed by atoms with E-state index in [9.17, 15) is 4.79 Å². The van der Waals surface area contributed by atoms with E-state index >= 15 is 0 Å². The highest BCUT2D eigenvalue weighted by Gasteiger charge is 2.14. The predicted octanol–water partition coefficient (Wildman–Crippen LogP) is 13.6. The number of rotatable bonds is 34. The van der Waals surface area contributed by atoms with Crippen molar-refractivity contribution in [3.63, 3.8) is 0 Å². The van der Waals surface area contributed by atoms with E-state index in [0.717, 1.165) is 83.6 Å². The Morgan fingerprint density at radius 3 is 1.26 bits per heavy atom. The van der Waals surface area contributed by atoms with E-state index < -0.39 is 0 Å². The molecule has 0 amide bonds. The standard InChI is InChI=1S/C44H77NO2/c1-5-7-9-11-13-15-17-19-21-23-25-27-29-31-33-35-39-43(47-44(46)41-37-38-42-45(3)4)40-36-34-32-30-28-26-24-22-20-18-16-14-12-10-8-6-2/h13-16,19-22,25-28,43H,5-12,17-18,23-24,29-42H2,1-4H3/b15-13-,16-14-,21-19-,22-20-,27-25-,28-26-. The fourth-order valence-electron chi connectivity index (χ4n) is 5.41. The Balaban J connectivity index is 4.19. The monoisotopic (exact) mass is 652 g/mol. The number of esters is 1. The van der Waals surface area contributed by atoms with Crippen molar-refractivity contribution in [3.8, 4) is 0 Å². The van der Waals surface area contributed by atoms with Crippen LogP contribution in [-0.4, -0.2) is 37.6 Å². The summed E-state index contributed by atoms with van der Waals surface area (Å²) in [5.74, 6) is -0.000278. The van der Waals surface area contributed by atoms with Crippen LogP contribution < -0.4 is 0 Å². The smallest absolute Gasteiger partial charge is 0.306 e. The molecule has 0 aromatic carbocycles. The van der Waals surface area contributed by atoms with Crippen LogP contribution in [0.4, 0.5) is 0 Å². The third kappa shape index (κ3) is 38.2. The molecule has 0 saturated carbocycles. The third-order valence-electron chi connectivity index (χ3n) is 8.37. The van der Waals surface area contributed by atoms with Crippen LogP contribution >= 0.6 is 0 Å². The number of carbonyl (C=O) groups excluding carboxylic acids is 1. The molecule has 270 valence electrons. The largest absolute Gasteiger partial charge is 0.462 e. The van der Waals surface area contributed by atoms with E-state index in [0.29, 0.717) is 6.42 Å². The first kappa shape index (κ1) is 44.9. The first-order valence-electron chi connectivity index (χ1n) is 19.8. The van der Waals surface area contributed by atoms with Crippen LogP contribution in [-0.2, 0) is 9.53 Å². The molecule has 0 N–H and O–H groups in total. The zero-order chi connectivity index (χ0) is 34.3. The van der Waals surface area contributed by atoms with Gasteiger partial charge in [-0.3, -0.25) is 4.79 Å². The molecular weight excluding hydrogens is 574 g/mol. The first-order chi connectivity index (χ1) is 23.1. The summed E-state index contributed by atoms with van der Waals surface area (Å²) in [5, 5.41) is 0. The minimum Gasteiger partial charge on any atom is -0.462 e. The summed E-state index contributed by atoms with van der Waals surface area (Å²) in [6.45, 7) is 5.54. The van der Waals surface area contributed by atoms with Gasteiger partial charge in [0.1, 0.15) is 6.10 Å². The van der Waals surface area contributed by atoms with Crippen molar-refractivity contribution in [1.82, 2.24) is 4.90 Å². The maximum atomic E-state index is 12.6. The number of unbranched alkanes of at least 4 members (excludes halogenated alkanes) is 13. The van der Waals surface area contributed by atoms with Gasteiger partial charge in [0, 0.05) is 6.42 Å². The van der Waals surface area contributed by atoms with Crippen molar-refractivity contribution in [3.05, 3.63) is 72.9 Å². The van der Waals surface area contributed by atoms with Gasteiger partial charge >= 0.3 is 5.97 Å². The quantitative estimate of drug-likeness (QED) is 0.0394. The van der Waals surface area contributed by atoms with Gasteiger partial charge in [0.25, 0.3) is 0 Å². The zero-order valence-electron chi connectivity index (χ0n) is 31.7. The molecule has 3 heteroatoms. The molecule has 3 nitrogen and oxygen atoms in total. The lowest BCUT2D eigenvalue weighted by Crippen LogP contribution is -2.19. The molecule has 0 saturated heterocycles. The highest BCUT2D eigenvalue weighted by Crippen LogP contribution is 2.17. The maximum Gasteiger partial charge on any atom is 0.306 e. The third-order valence-corrected chi connectivity index (χ3v) is 8.37. The van der Waals surface area contributed by atoms with Crippen LogP contribution in [0.1, 0.15) is 174 Å². The van der Waals surface area contributed by atoms with Gasteiger partial charge in [-0.2, -0.15) is 0 Å². The lowest BCUT2D eigenvalue weighted by atomic mass is 10.0. The molecular formula is C44H77NO2. The molecule has 0 aliphatic rings. The van der Waals surface area contributed by atoms with Crippen molar-refractivity contribution in [2.75, 3.05) is 20.6 Å². The average molecular weight is 652 g/mol. The van der Waals surface area contributed by atoms with Crippen molar-refractivity contribution in [2.24, 2.45) is 0 Å². The second-order valence-electron chi connectivity index (χ2n) is 13.4. The van der Waals surface area contributed by atoms with Crippen LogP contribution in [0.2, 0.25) is 0 Å². The summed E-state index contributed by atoms with van der Waals surface area (Å²) < 4.78 is 6.00. The predicted molar refractivity (Wildman–Crippen MR) is 210 cm³/mol. The minimum atomic E-state index is -0.000278. The van der Waals surface area contributed by atoms with Crippen molar-refractivity contribution in [1.29, 1.82) is 0 Å². The normalized spacial score (nSPS) is 12.7. The highest BCUT2D eigenvalue weighted by molar-refractivity contribution is 5.69. The zero-order valence-corrected chi connectivity index (χ0v) is 31.7. The van der Waals surface area contributed by atoms with Crippen molar-refractivity contribution in [2.45, 2.75) is 180 Å². The molecule has 0 spiro atoms. The van der Waals surface area contributed by atoms with Gasteiger partial charge in [0.15, 0.2) is 0 Å². The Bertz CT molecular complexity index is 778. The van der Waals surface area contributed by atoms with Crippen LogP contribution in [0.25, 0.3) is 0 Å². The molecule has 0 aromatic heterocycles. The summed E-state index contributed by atoms with van der Waals surface area (Å²) in [5.41, 5.74) is 0. The van der Waals surface area contributed by atoms with Gasteiger partial charge in [-0.1, -0.05) is 125 Å². The summed E-state index contributed by atoms with van der Waals surface area (Å²) in [6.07, 6.45) is 56.1. The Kier molecular flexibility index (Phi) is 36.6. The Morgan fingerprint density at radius 2 is 0.872 bits per heavy atom. The first-order valence-corrected chi connectivity index (χ1v) is 19.8. The summed E-state index contributed by atoms with van der Waals surface area (Å²) in [7, 11) is 4.17. The molecule has 0 aromatic rings. The Labute approximate surface area is 293 Å². The number of hydrogen-bond acceptors (Lipinski definition) is 3. The van der Waals surface area contributed by atoms with E-state index in [4.69, 9.17) is 4.74 Å². The fraction of sp³-hybridized carbons (Fsp3) is 0.705. The van der Waals surface area contributed by atoms with E-state index in [-0.39, 0.29) is 12.1 Å². The lowest BCUT2D eigenvalue weighted by Gasteiger charge is -2.18. The number of allylic oxidation sites excluding steroid dienone is 12. The summed E-state index contributed by atoms with van der Waals surface area (Å²) >= 11 is 0. The summed E-state index contributed by atoms with van der Waals surface area (Å²) in [4.78, 5) is 14.7. The SMILES string of the molecule is CCCCC/C=C\C/C=C\C/C=C\CCCCCC(CCCCC/C=C\C/C=C\C/C=C\CCCCC)OC(=O)CCCCN(C)C. The Hall–Kier alpha value is -2.13. The van der Waals surface area contributed by atoms with E-state index in [1.54, 1.807) is 0 Å². The molecule has 0 heterocycles. The van der Waals surface area contributed by atoms with Gasteiger partial charge in [0.05, 0.1) is 0 Å². The second-order valence-corrected chi connectivity index (χ2v) is 13.4. The maximum absolute atomic E-state index is 12.6. The van der Waals surface area contributed by atoms with E-state index in [1.807, 2.05) is 0 Å². The van der Waals surface area contributed by atoms with Crippen LogP contribution in [0, 0.1) is 0 Å². The summed E-state index contributed by atoms with van der Waals surface area (Å²) in [6, 6.07) is 0. The van der Waals surface area contributed by atoms with Crippen molar-refractivity contribution < 1.29 is 9.53 Å². The van der Waals surface area contributed by atoms with Crippen LogP contribution in [0.5, 0.6) is 0 Å². The lowest BCUT2D eigenvalue weighted by molar-refractivity contribution is -0.150. The van der Waals surface area contributed by atoms with Crippen LogP contribution in [0.3, 0.4) is 0 Å². The number of nitrogens with zero attached hydrogens (tertiary/aromatic N) is 1. The second kappa shape index (κ2) is 38.3. The molecule has 0 bridgehead atoms. The van der Waals surface area contributed by atoms with Gasteiger partial charge in [0.2, 0.25) is 0 Å². The topological polar surface area (TPSA) is 29.5 Å². The van der Waals surface area contributed by atoms with Gasteiger partial charge in [-0.25, -0.2) is 0 Å².